The zero-order valence-electron chi connectivity index (χ0n) is 8.80. The zero-order chi connectivity index (χ0) is 11.7. The van der Waals surface area contributed by atoms with Crippen molar-refractivity contribution in [3.8, 4) is 5.75 Å². The maximum absolute atomic E-state index is 10.8. The van der Waals surface area contributed by atoms with E-state index in [0.717, 1.165) is 19.3 Å². The number of rotatable bonds is 3. The van der Waals surface area contributed by atoms with Crippen LogP contribution in [0.2, 0.25) is 0 Å². The van der Waals surface area contributed by atoms with Crippen LogP contribution in [0.3, 0.4) is 0 Å². The molecular formula is C11H14N2O3. The van der Waals surface area contributed by atoms with Crippen molar-refractivity contribution >= 4 is 5.69 Å². The number of benzene rings is 1. The second kappa shape index (κ2) is 4.09. The van der Waals surface area contributed by atoms with Crippen molar-refractivity contribution in [1.82, 2.24) is 0 Å². The smallest absolute Gasteiger partial charge is 0.274 e. The van der Waals surface area contributed by atoms with Crippen molar-refractivity contribution in [3.63, 3.8) is 0 Å². The molecule has 86 valence electrons. The van der Waals surface area contributed by atoms with Gasteiger partial charge in [-0.1, -0.05) is 6.42 Å². The number of hydrogen-bond acceptors (Lipinski definition) is 4. The van der Waals surface area contributed by atoms with Gasteiger partial charge in [-0.25, -0.2) is 0 Å². The highest BCUT2D eigenvalue weighted by Crippen LogP contribution is 2.39. The minimum Gasteiger partial charge on any atom is -0.508 e. The van der Waals surface area contributed by atoms with E-state index < -0.39 is 4.92 Å². The van der Waals surface area contributed by atoms with Gasteiger partial charge in [0.15, 0.2) is 0 Å². The van der Waals surface area contributed by atoms with Gasteiger partial charge in [-0.15, -0.1) is 0 Å². The molecule has 0 aromatic heterocycles. The Bertz CT molecular complexity index is 416. The van der Waals surface area contributed by atoms with Gasteiger partial charge in [-0.3, -0.25) is 10.1 Å². The fourth-order valence-electron chi connectivity index (χ4n) is 2.03. The molecule has 0 aliphatic heterocycles. The van der Waals surface area contributed by atoms with Gasteiger partial charge in [0.05, 0.1) is 10.5 Å². The lowest BCUT2D eigenvalue weighted by Gasteiger charge is -2.31. The number of nitro groups is 1. The van der Waals surface area contributed by atoms with Crippen LogP contribution in [0.5, 0.6) is 5.75 Å². The first kappa shape index (κ1) is 10.9. The molecule has 3 N–H and O–H groups in total. The fourth-order valence-corrected chi connectivity index (χ4v) is 2.03. The largest absolute Gasteiger partial charge is 0.508 e. The summed E-state index contributed by atoms with van der Waals surface area (Å²) in [6.07, 6.45) is 3.15. The molecule has 0 radical (unpaired) electrons. The predicted octanol–water partition coefficient (Wildman–Crippen LogP) is 2.10. The fraction of sp³-hybridized carbons (Fsp3) is 0.455. The van der Waals surface area contributed by atoms with E-state index in [4.69, 9.17) is 5.73 Å². The Morgan fingerprint density at radius 1 is 1.50 bits per heavy atom. The molecule has 1 aromatic rings. The minimum absolute atomic E-state index is 0.00259. The summed E-state index contributed by atoms with van der Waals surface area (Å²) in [6.45, 7) is 0. The van der Waals surface area contributed by atoms with Crippen LogP contribution in [-0.4, -0.2) is 10.0 Å². The van der Waals surface area contributed by atoms with E-state index >= 15 is 0 Å². The zero-order valence-corrected chi connectivity index (χ0v) is 8.80. The van der Waals surface area contributed by atoms with Crippen molar-refractivity contribution in [2.45, 2.75) is 25.3 Å². The van der Waals surface area contributed by atoms with E-state index in [-0.39, 0.29) is 17.5 Å². The SMILES string of the molecule is N[C@H](c1cc(O)ccc1[N+](=O)[O-])C1CCC1. The first-order valence-electron chi connectivity index (χ1n) is 5.32. The second-order valence-electron chi connectivity index (χ2n) is 4.22. The Kier molecular flexibility index (Phi) is 2.78. The van der Waals surface area contributed by atoms with Crippen LogP contribution in [0.1, 0.15) is 30.9 Å². The van der Waals surface area contributed by atoms with E-state index in [1.807, 2.05) is 0 Å². The van der Waals surface area contributed by atoms with Gasteiger partial charge in [0.2, 0.25) is 0 Å². The van der Waals surface area contributed by atoms with Crippen LogP contribution >= 0.6 is 0 Å². The van der Waals surface area contributed by atoms with E-state index in [1.165, 1.54) is 18.2 Å². The summed E-state index contributed by atoms with van der Waals surface area (Å²) in [6, 6.07) is 3.68. The van der Waals surface area contributed by atoms with Gasteiger partial charge >= 0.3 is 0 Å². The molecule has 0 amide bonds. The molecule has 1 aliphatic carbocycles. The molecule has 1 atom stereocenters. The van der Waals surface area contributed by atoms with Gasteiger partial charge in [-0.05, 0) is 30.9 Å². The Morgan fingerprint density at radius 3 is 2.69 bits per heavy atom. The molecule has 0 heterocycles. The molecule has 5 nitrogen and oxygen atoms in total. The lowest BCUT2D eigenvalue weighted by atomic mass is 9.77. The number of phenolic OH excluding ortho intramolecular Hbond substituents is 1. The average molecular weight is 222 g/mol. The number of nitrogens with two attached hydrogens (primary N) is 1. The number of phenols is 1. The summed E-state index contributed by atoms with van der Waals surface area (Å²) in [5.41, 5.74) is 6.43. The van der Waals surface area contributed by atoms with Crippen LogP contribution in [0, 0.1) is 16.0 Å². The summed E-state index contributed by atoms with van der Waals surface area (Å²) >= 11 is 0. The molecule has 1 aromatic carbocycles. The van der Waals surface area contributed by atoms with Gasteiger partial charge < -0.3 is 10.8 Å². The maximum atomic E-state index is 10.8. The van der Waals surface area contributed by atoms with Crippen LogP contribution in [0.15, 0.2) is 18.2 Å². The lowest BCUT2D eigenvalue weighted by Crippen LogP contribution is -2.27. The summed E-state index contributed by atoms with van der Waals surface area (Å²) in [5.74, 6) is 0.330. The Labute approximate surface area is 93.0 Å². The van der Waals surface area contributed by atoms with Gasteiger partial charge in [-0.2, -0.15) is 0 Å². The topological polar surface area (TPSA) is 89.4 Å². The van der Waals surface area contributed by atoms with Crippen LogP contribution < -0.4 is 5.73 Å². The third-order valence-corrected chi connectivity index (χ3v) is 3.22. The number of nitrogens with zero attached hydrogens (tertiary/aromatic N) is 1. The van der Waals surface area contributed by atoms with Crippen LogP contribution in [0.25, 0.3) is 0 Å². The van der Waals surface area contributed by atoms with Crippen molar-refractivity contribution in [1.29, 1.82) is 0 Å². The number of hydrogen-bond donors (Lipinski definition) is 2. The van der Waals surface area contributed by atoms with Gasteiger partial charge in [0, 0.05) is 12.1 Å². The maximum Gasteiger partial charge on any atom is 0.274 e. The summed E-state index contributed by atoms with van der Waals surface area (Å²) in [5, 5.41) is 20.2. The average Bonchev–Trinajstić information content (AvgIpc) is 2.14. The highest BCUT2D eigenvalue weighted by atomic mass is 16.6. The molecule has 0 spiro atoms. The standard InChI is InChI=1S/C11H14N2O3/c12-11(7-2-1-3-7)9-6-8(14)4-5-10(9)13(15)16/h4-7,11,14H,1-3,12H2/t11-/m0/s1. The van der Waals surface area contributed by atoms with Crippen LogP contribution in [0.4, 0.5) is 5.69 Å². The molecule has 1 saturated carbocycles. The molecule has 2 rings (SSSR count). The minimum atomic E-state index is -0.451. The van der Waals surface area contributed by atoms with E-state index in [1.54, 1.807) is 0 Å². The Morgan fingerprint density at radius 2 is 2.19 bits per heavy atom. The van der Waals surface area contributed by atoms with E-state index in [0.29, 0.717) is 11.5 Å². The summed E-state index contributed by atoms with van der Waals surface area (Å²) < 4.78 is 0. The molecule has 0 unspecified atom stereocenters. The second-order valence-corrected chi connectivity index (χ2v) is 4.22. The molecular weight excluding hydrogens is 208 g/mol. The van der Waals surface area contributed by atoms with Crippen molar-refractivity contribution in [2.75, 3.05) is 0 Å². The van der Waals surface area contributed by atoms with Gasteiger partial charge in [0.25, 0.3) is 5.69 Å². The van der Waals surface area contributed by atoms with Crippen molar-refractivity contribution in [3.05, 3.63) is 33.9 Å². The molecule has 0 bridgehead atoms. The molecule has 1 aliphatic rings. The number of aromatic hydroxyl groups is 1. The molecule has 5 heteroatoms. The monoisotopic (exact) mass is 222 g/mol. The van der Waals surface area contributed by atoms with E-state index in [2.05, 4.69) is 0 Å². The molecule has 1 fully saturated rings. The third kappa shape index (κ3) is 1.86. The predicted molar refractivity (Wildman–Crippen MR) is 59.0 cm³/mol. The van der Waals surface area contributed by atoms with E-state index in [9.17, 15) is 15.2 Å². The van der Waals surface area contributed by atoms with Crippen molar-refractivity contribution in [2.24, 2.45) is 11.7 Å². The Hall–Kier alpha value is -1.62. The summed E-state index contributed by atoms with van der Waals surface area (Å²) in [7, 11) is 0. The molecule has 0 saturated heterocycles. The first-order chi connectivity index (χ1) is 7.59. The summed E-state index contributed by atoms with van der Waals surface area (Å²) in [4.78, 5) is 10.4. The van der Waals surface area contributed by atoms with Crippen LogP contribution in [-0.2, 0) is 0 Å². The Balaban J connectivity index is 2.36. The number of nitro benzene ring substituents is 1. The quantitative estimate of drug-likeness (QED) is 0.605. The third-order valence-electron chi connectivity index (χ3n) is 3.22. The van der Waals surface area contributed by atoms with Gasteiger partial charge in [0.1, 0.15) is 5.75 Å². The highest BCUT2D eigenvalue weighted by Gasteiger charge is 2.30. The first-order valence-corrected chi connectivity index (χ1v) is 5.32. The lowest BCUT2D eigenvalue weighted by molar-refractivity contribution is -0.385. The normalized spacial score (nSPS) is 17.8. The van der Waals surface area contributed by atoms with Crippen molar-refractivity contribution < 1.29 is 10.0 Å². The highest BCUT2D eigenvalue weighted by molar-refractivity contribution is 5.46. The molecule has 16 heavy (non-hydrogen) atoms.